The Morgan fingerprint density at radius 1 is 1.28 bits per heavy atom. The summed E-state index contributed by atoms with van der Waals surface area (Å²) in [5, 5.41) is 13.4. The number of imidazole rings is 1. The van der Waals surface area contributed by atoms with Gasteiger partial charge in [0, 0.05) is 0 Å². The molecule has 6 atom stereocenters. The molecule has 1 saturated heterocycles. The molecule has 46 heavy (non-hydrogen) atoms. The molecule has 0 bridgehead atoms. The molecule has 17 heteroatoms. The van der Waals surface area contributed by atoms with Crippen molar-refractivity contribution in [2.45, 2.75) is 82.0 Å². The van der Waals surface area contributed by atoms with E-state index >= 15 is 8.78 Å². The van der Waals surface area contributed by atoms with Crippen molar-refractivity contribution in [2.75, 3.05) is 18.9 Å². The number of nitrogen functional groups attached to an aromatic ring is 1. The minimum atomic E-state index is -4.65. The number of carbonyl (C=O) groups excluding carboxylic acids is 1. The van der Waals surface area contributed by atoms with E-state index in [9.17, 15) is 14.5 Å². The van der Waals surface area contributed by atoms with Gasteiger partial charge in [-0.3, -0.25) is 13.9 Å². The lowest BCUT2D eigenvalue weighted by atomic mass is 9.96. The summed E-state index contributed by atoms with van der Waals surface area (Å²) in [6.07, 6.45) is 5.76. The summed E-state index contributed by atoms with van der Waals surface area (Å²) in [6, 6.07) is 6.50. The fourth-order valence-electron chi connectivity index (χ4n) is 5.24. The van der Waals surface area contributed by atoms with Crippen molar-refractivity contribution in [2.24, 2.45) is 0 Å². The molecule has 2 fully saturated rings. The zero-order valence-corrected chi connectivity index (χ0v) is 26.1. The number of hydrogen-bond donors (Lipinski definition) is 3. The molecule has 0 spiro atoms. The van der Waals surface area contributed by atoms with Crippen LogP contribution >= 0.6 is 7.75 Å². The Labute approximate surface area is 263 Å². The predicted molar refractivity (Wildman–Crippen MR) is 160 cm³/mol. The average Bonchev–Trinajstić information content (AvgIpc) is 3.54. The number of halogens is 2. The van der Waals surface area contributed by atoms with Crippen molar-refractivity contribution in [1.82, 2.24) is 24.6 Å². The van der Waals surface area contributed by atoms with Gasteiger partial charge in [0.2, 0.25) is 17.5 Å². The second-order valence-electron chi connectivity index (χ2n) is 10.9. The van der Waals surface area contributed by atoms with Crippen molar-refractivity contribution < 1.29 is 46.5 Å². The second-order valence-corrected chi connectivity index (χ2v) is 12.6. The smallest absolute Gasteiger partial charge is 0.459 e. The number of anilines is 1. The third-order valence-corrected chi connectivity index (χ3v) is 9.20. The van der Waals surface area contributed by atoms with Crippen molar-refractivity contribution in [3.63, 3.8) is 0 Å². The highest BCUT2D eigenvalue weighted by atomic mass is 31.2. The zero-order valence-electron chi connectivity index (χ0n) is 25.2. The van der Waals surface area contributed by atoms with E-state index in [0.717, 1.165) is 30.2 Å². The number of carbonyl (C=O) groups is 1. The fourth-order valence-corrected chi connectivity index (χ4v) is 6.75. The first kappa shape index (κ1) is 33.5. The molecule has 248 valence electrons. The van der Waals surface area contributed by atoms with E-state index in [0.29, 0.717) is 12.8 Å². The standard InChI is InChI=1S/C29H35F2N6O8P/c1-4-28(30)25(39)29(31,44-26(28)37-17-33-21-22(37)34-27(32)35-23(21)41-5-2)16-42-46(40,45-20-14-10-7-11-15-20)36-18(3)24(38)43-19-12-8-6-9-13-19/h1,7,10-11,14-15,17-19,25-26,39H,5-6,8-9,12-13,16H2,2-3H3,(H,36,40)(H2,32,34,35)/t18?,25-,26?,28+,29+,46?/m0/s1. The van der Waals surface area contributed by atoms with Gasteiger partial charge in [0.1, 0.15) is 24.5 Å². The van der Waals surface area contributed by atoms with Gasteiger partial charge < -0.3 is 29.6 Å². The monoisotopic (exact) mass is 664 g/mol. The lowest BCUT2D eigenvalue weighted by molar-refractivity contribution is -0.202. The summed E-state index contributed by atoms with van der Waals surface area (Å²) >= 11 is 0. The highest BCUT2D eigenvalue weighted by Crippen LogP contribution is 2.52. The van der Waals surface area contributed by atoms with E-state index in [1.807, 2.05) is 0 Å². The summed E-state index contributed by atoms with van der Waals surface area (Å²) in [6.45, 7) is 1.90. The van der Waals surface area contributed by atoms with Crippen molar-refractivity contribution in [1.29, 1.82) is 0 Å². The molecule has 1 saturated carbocycles. The van der Waals surface area contributed by atoms with Gasteiger partial charge in [-0.15, -0.1) is 6.42 Å². The first-order valence-electron chi connectivity index (χ1n) is 14.7. The van der Waals surface area contributed by atoms with E-state index in [1.54, 1.807) is 31.0 Å². The minimum absolute atomic E-state index is 0.0245. The lowest BCUT2D eigenvalue weighted by Gasteiger charge is -2.28. The topological polar surface area (TPSA) is 182 Å². The maximum absolute atomic E-state index is 16.4. The predicted octanol–water partition coefficient (Wildman–Crippen LogP) is 3.76. The van der Waals surface area contributed by atoms with Gasteiger partial charge in [-0.2, -0.15) is 15.1 Å². The number of aliphatic hydroxyl groups is 1. The Balaban J connectivity index is 1.39. The van der Waals surface area contributed by atoms with Crippen LogP contribution in [0.5, 0.6) is 11.6 Å². The van der Waals surface area contributed by atoms with Gasteiger partial charge in [0.15, 0.2) is 23.5 Å². The van der Waals surface area contributed by atoms with Crippen LogP contribution < -0.4 is 20.1 Å². The number of aliphatic hydroxyl groups excluding tert-OH is 1. The summed E-state index contributed by atoms with van der Waals surface area (Å²) in [5.74, 6) is -2.62. The molecule has 2 aromatic heterocycles. The number of nitrogens with two attached hydrogens (primary N) is 1. The van der Waals surface area contributed by atoms with Gasteiger partial charge in [0.05, 0.1) is 12.9 Å². The molecule has 1 aromatic carbocycles. The van der Waals surface area contributed by atoms with Crippen LogP contribution in [-0.4, -0.2) is 73.6 Å². The SMILES string of the molecule is C#C[C@]1(F)C(n2cnc3c(OCC)nc(N)nc32)O[C@](F)(COP(=O)(NC(C)C(=O)OC2CCCCC2)Oc2ccccc2)[C@H]1O. The molecule has 3 aromatic rings. The molecule has 14 nitrogen and oxygen atoms in total. The first-order chi connectivity index (χ1) is 21.9. The van der Waals surface area contributed by atoms with Gasteiger partial charge >= 0.3 is 13.7 Å². The number of aromatic nitrogens is 4. The van der Waals surface area contributed by atoms with Gasteiger partial charge in [-0.25, -0.2) is 18.3 Å². The Hall–Kier alpha value is -3.87. The number of benzene rings is 1. The molecule has 5 rings (SSSR count). The first-order valence-corrected chi connectivity index (χ1v) is 16.3. The minimum Gasteiger partial charge on any atom is -0.476 e. The maximum Gasteiger partial charge on any atom is 0.459 e. The molecule has 0 amide bonds. The van der Waals surface area contributed by atoms with Crippen LogP contribution in [0.3, 0.4) is 0 Å². The largest absolute Gasteiger partial charge is 0.476 e. The number of ether oxygens (including phenoxy) is 3. The third-order valence-electron chi connectivity index (χ3n) is 7.58. The highest BCUT2D eigenvalue weighted by molar-refractivity contribution is 7.52. The summed E-state index contributed by atoms with van der Waals surface area (Å²) in [7, 11) is -4.65. The zero-order chi connectivity index (χ0) is 33.1. The van der Waals surface area contributed by atoms with E-state index in [2.05, 4.69) is 20.0 Å². The molecule has 0 radical (unpaired) electrons. The van der Waals surface area contributed by atoms with Crippen LogP contribution in [0.2, 0.25) is 0 Å². The number of esters is 1. The molecular weight excluding hydrogens is 629 g/mol. The summed E-state index contributed by atoms with van der Waals surface area (Å²) < 4.78 is 75.0. The second kappa shape index (κ2) is 13.5. The number of alkyl halides is 2. The summed E-state index contributed by atoms with van der Waals surface area (Å²) in [5.41, 5.74) is 2.49. The number of nitrogens with one attached hydrogen (secondary N) is 1. The van der Waals surface area contributed by atoms with Crippen LogP contribution in [0.15, 0.2) is 36.7 Å². The number of nitrogens with zero attached hydrogens (tertiary/aromatic N) is 4. The van der Waals surface area contributed by atoms with E-state index in [4.69, 9.17) is 35.4 Å². The quantitative estimate of drug-likeness (QED) is 0.145. The fraction of sp³-hybridized carbons (Fsp3) is 0.517. The number of terminal acetylenes is 1. The van der Waals surface area contributed by atoms with E-state index in [-0.39, 0.29) is 41.5 Å². The Morgan fingerprint density at radius 2 is 2.00 bits per heavy atom. The van der Waals surface area contributed by atoms with Gasteiger partial charge in [-0.05, 0) is 51.7 Å². The molecule has 1 aliphatic heterocycles. The number of para-hydroxylation sites is 1. The summed E-state index contributed by atoms with van der Waals surface area (Å²) in [4.78, 5) is 24.9. The van der Waals surface area contributed by atoms with Crippen molar-refractivity contribution in [3.8, 4) is 24.0 Å². The normalized spacial score (nSPS) is 27.0. The van der Waals surface area contributed by atoms with Crippen LogP contribution in [-0.2, 0) is 23.4 Å². The molecular formula is C29H35F2N6O8P. The van der Waals surface area contributed by atoms with E-state index in [1.165, 1.54) is 19.1 Å². The van der Waals surface area contributed by atoms with Crippen molar-refractivity contribution >= 4 is 30.8 Å². The molecule has 1 aliphatic carbocycles. The maximum atomic E-state index is 16.4. The van der Waals surface area contributed by atoms with Gasteiger partial charge in [0.25, 0.3) is 5.85 Å². The van der Waals surface area contributed by atoms with Crippen LogP contribution in [0, 0.1) is 12.3 Å². The van der Waals surface area contributed by atoms with Crippen LogP contribution in [0.4, 0.5) is 14.7 Å². The average molecular weight is 665 g/mol. The Morgan fingerprint density at radius 3 is 2.67 bits per heavy atom. The number of rotatable bonds is 12. The van der Waals surface area contributed by atoms with Crippen LogP contribution in [0.25, 0.3) is 11.2 Å². The molecule has 3 heterocycles. The van der Waals surface area contributed by atoms with Crippen LogP contribution in [0.1, 0.15) is 52.2 Å². The molecule has 2 aliphatic rings. The number of fused-ring (bicyclic) bond motifs is 1. The highest BCUT2D eigenvalue weighted by Gasteiger charge is 2.67. The Bertz CT molecular complexity index is 1640. The van der Waals surface area contributed by atoms with Gasteiger partial charge in [-0.1, -0.05) is 30.5 Å². The third kappa shape index (κ3) is 6.79. The Kier molecular flexibility index (Phi) is 9.81. The molecule has 4 N–H and O–H groups in total. The van der Waals surface area contributed by atoms with E-state index < -0.39 is 50.2 Å². The molecule has 3 unspecified atom stereocenters. The lowest BCUT2D eigenvalue weighted by Crippen LogP contribution is -2.48. The number of hydrogen-bond acceptors (Lipinski definition) is 12. The van der Waals surface area contributed by atoms with Crippen molar-refractivity contribution in [3.05, 3.63) is 36.7 Å².